The molecule has 0 aliphatic heterocycles. The second-order valence-corrected chi connectivity index (χ2v) is 6.62. The maximum Gasteiger partial charge on any atom is 0.422 e. The Bertz CT molecular complexity index is 1170. The molecule has 7 nitrogen and oxygen atoms in total. The first-order valence-electron chi connectivity index (χ1n) is 9.04. The molecule has 3 aromatic rings. The first kappa shape index (κ1) is 22.1. The third kappa shape index (κ3) is 4.60. The zero-order valence-corrected chi connectivity index (χ0v) is 16.4. The molecule has 0 saturated heterocycles. The van der Waals surface area contributed by atoms with Gasteiger partial charge in [0.25, 0.3) is 5.91 Å². The average Bonchev–Trinajstić information content (AvgIpc) is 2.96. The molecule has 0 radical (unpaired) electrons. The number of carbonyl (C=O) groups is 2. The normalized spacial score (nSPS) is 11.5. The molecule has 2 heterocycles. The van der Waals surface area contributed by atoms with Crippen molar-refractivity contribution >= 4 is 28.6 Å². The van der Waals surface area contributed by atoms with Crippen LogP contribution in [0.5, 0.6) is 5.75 Å². The molecule has 2 N–H and O–H groups in total. The van der Waals surface area contributed by atoms with Gasteiger partial charge < -0.3 is 19.7 Å². The lowest BCUT2D eigenvalue weighted by Crippen LogP contribution is -2.20. The summed E-state index contributed by atoms with van der Waals surface area (Å²) in [6.45, 7) is 0.0288. The van der Waals surface area contributed by atoms with Crippen molar-refractivity contribution in [3.8, 4) is 5.75 Å². The number of carbonyl (C=O) groups excluding carboxylic acids is 1. The number of pyridine rings is 1. The number of halogens is 4. The number of aromatic nitrogens is 2. The largest absolute Gasteiger partial charge is 0.481 e. The number of rotatable bonds is 6. The Morgan fingerprint density at radius 2 is 1.97 bits per heavy atom. The molecule has 1 aromatic carbocycles. The standard InChI is InChI=1S/C20H17F4N3O4/c1-3-13-14(26-18(28)10-5-4-6-11(21)7-10)8-12-16(31-9-20(22,23)24)15(19(29)30)27(2)17(12)25-13/h4-8H,3,9H2,1-2H3,(H,26,28)(H,29,30). The van der Waals surface area contributed by atoms with E-state index in [2.05, 4.69) is 10.3 Å². The third-order valence-corrected chi connectivity index (χ3v) is 4.45. The van der Waals surface area contributed by atoms with Gasteiger partial charge in [-0.05, 0) is 30.7 Å². The van der Waals surface area contributed by atoms with Crippen LogP contribution in [0, 0.1) is 5.82 Å². The Morgan fingerprint density at radius 3 is 2.55 bits per heavy atom. The Balaban J connectivity index is 2.12. The van der Waals surface area contributed by atoms with Crippen molar-refractivity contribution in [1.29, 1.82) is 0 Å². The highest BCUT2D eigenvalue weighted by Gasteiger charge is 2.32. The number of hydrogen-bond donors (Lipinski definition) is 2. The van der Waals surface area contributed by atoms with Gasteiger partial charge in [-0.3, -0.25) is 4.79 Å². The second kappa shape index (κ2) is 8.25. The van der Waals surface area contributed by atoms with Crippen LogP contribution in [0.25, 0.3) is 11.0 Å². The summed E-state index contributed by atoms with van der Waals surface area (Å²) in [4.78, 5) is 28.5. The van der Waals surface area contributed by atoms with Crippen LogP contribution in [0.4, 0.5) is 23.2 Å². The van der Waals surface area contributed by atoms with E-state index in [4.69, 9.17) is 4.74 Å². The SMILES string of the molecule is CCc1nc2c(cc1NC(=O)c1cccc(F)c1)c(OCC(F)(F)F)c(C(=O)O)n2C. The zero-order valence-electron chi connectivity index (χ0n) is 16.4. The molecule has 0 spiro atoms. The Kier molecular flexibility index (Phi) is 5.87. The predicted octanol–water partition coefficient (Wildman–Crippen LogP) is 4.17. The fraction of sp³-hybridized carbons (Fsp3) is 0.250. The molecule has 164 valence electrons. The molecule has 0 fully saturated rings. The maximum absolute atomic E-state index is 13.4. The van der Waals surface area contributed by atoms with E-state index in [1.807, 2.05) is 0 Å². The zero-order chi connectivity index (χ0) is 22.9. The number of aromatic carboxylic acids is 1. The van der Waals surface area contributed by atoms with Gasteiger partial charge in [0.15, 0.2) is 18.1 Å². The predicted molar refractivity (Wildman–Crippen MR) is 103 cm³/mol. The molecular formula is C20H17F4N3O4. The fourth-order valence-corrected chi connectivity index (χ4v) is 3.09. The number of fused-ring (bicyclic) bond motifs is 1. The highest BCUT2D eigenvalue weighted by atomic mass is 19.4. The number of benzene rings is 1. The molecule has 0 unspecified atom stereocenters. The van der Waals surface area contributed by atoms with Crippen molar-refractivity contribution in [2.45, 2.75) is 19.5 Å². The first-order chi connectivity index (χ1) is 14.5. The summed E-state index contributed by atoms with van der Waals surface area (Å²) >= 11 is 0. The van der Waals surface area contributed by atoms with Crippen LogP contribution < -0.4 is 10.1 Å². The Hall–Kier alpha value is -3.63. The van der Waals surface area contributed by atoms with Crippen molar-refractivity contribution < 1.29 is 37.0 Å². The summed E-state index contributed by atoms with van der Waals surface area (Å²) in [6, 6.07) is 6.24. The summed E-state index contributed by atoms with van der Waals surface area (Å²) < 4.78 is 57.4. The maximum atomic E-state index is 13.4. The summed E-state index contributed by atoms with van der Waals surface area (Å²) in [5.41, 5.74) is 0.0911. The van der Waals surface area contributed by atoms with E-state index in [0.717, 1.165) is 10.6 Å². The van der Waals surface area contributed by atoms with Gasteiger partial charge in [-0.1, -0.05) is 13.0 Å². The van der Waals surface area contributed by atoms with Crippen molar-refractivity contribution in [2.24, 2.45) is 7.05 Å². The molecule has 0 aliphatic rings. The van der Waals surface area contributed by atoms with Crippen LogP contribution in [0.15, 0.2) is 30.3 Å². The number of aryl methyl sites for hydroxylation is 2. The van der Waals surface area contributed by atoms with Crippen molar-refractivity contribution in [2.75, 3.05) is 11.9 Å². The Labute approximate surface area is 173 Å². The minimum atomic E-state index is -4.69. The van der Waals surface area contributed by atoms with Crippen LogP contribution in [0.3, 0.4) is 0 Å². The minimum Gasteiger partial charge on any atom is -0.481 e. The van der Waals surface area contributed by atoms with E-state index in [1.54, 1.807) is 6.92 Å². The average molecular weight is 439 g/mol. The monoisotopic (exact) mass is 439 g/mol. The number of anilines is 1. The summed E-state index contributed by atoms with van der Waals surface area (Å²) in [5.74, 6) is -3.30. The highest BCUT2D eigenvalue weighted by Crippen LogP contribution is 2.36. The van der Waals surface area contributed by atoms with Crippen molar-refractivity contribution in [3.05, 3.63) is 53.1 Å². The van der Waals surface area contributed by atoms with Gasteiger partial charge in [-0.25, -0.2) is 14.2 Å². The molecule has 31 heavy (non-hydrogen) atoms. The second-order valence-electron chi connectivity index (χ2n) is 6.62. The van der Waals surface area contributed by atoms with Gasteiger partial charge in [0.2, 0.25) is 0 Å². The third-order valence-electron chi connectivity index (χ3n) is 4.45. The van der Waals surface area contributed by atoms with Gasteiger partial charge >= 0.3 is 12.1 Å². The van der Waals surface area contributed by atoms with E-state index >= 15 is 0 Å². The van der Waals surface area contributed by atoms with E-state index in [-0.39, 0.29) is 22.3 Å². The Morgan fingerprint density at radius 1 is 1.26 bits per heavy atom. The molecule has 1 amide bonds. The summed E-state index contributed by atoms with van der Waals surface area (Å²) in [7, 11) is 1.34. The molecule has 0 aliphatic carbocycles. The van der Waals surface area contributed by atoms with Crippen molar-refractivity contribution in [1.82, 2.24) is 9.55 Å². The number of ether oxygens (including phenoxy) is 1. The van der Waals surface area contributed by atoms with Gasteiger partial charge in [0.1, 0.15) is 11.5 Å². The molecule has 2 aromatic heterocycles. The first-order valence-corrected chi connectivity index (χ1v) is 9.04. The molecule has 0 atom stereocenters. The number of carboxylic acids is 1. The molecular weight excluding hydrogens is 422 g/mol. The smallest absolute Gasteiger partial charge is 0.422 e. The number of amides is 1. The number of nitrogens with zero attached hydrogens (tertiary/aromatic N) is 2. The van der Waals surface area contributed by atoms with E-state index in [9.17, 15) is 32.3 Å². The van der Waals surface area contributed by atoms with E-state index in [0.29, 0.717) is 12.1 Å². The van der Waals surface area contributed by atoms with Gasteiger partial charge in [0, 0.05) is 12.6 Å². The minimum absolute atomic E-state index is 0.0177. The van der Waals surface area contributed by atoms with Crippen LogP contribution in [-0.4, -0.2) is 39.3 Å². The topological polar surface area (TPSA) is 93.4 Å². The molecule has 11 heteroatoms. The lowest BCUT2D eigenvalue weighted by molar-refractivity contribution is -0.153. The number of alkyl halides is 3. The molecule has 0 saturated carbocycles. The van der Waals surface area contributed by atoms with E-state index < -0.39 is 41.9 Å². The van der Waals surface area contributed by atoms with Crippen LogP contribution >= 0.6 is 0 Å². The van der Waals surface area contributed by atoms with Crippen LogP contribution in [0.1, 0.15) is 33.5 Å². The lowest BCUT2D eigenvalue weighted by atomic mass is 10.1. The summed E-state index contributed by atoms with van der Waals surface area (Å²) in [6.07, 6.45) is -4.37. The lowest BCUT2D eigenvalue weighted by Gasteiger charge is -2.12. The summed E-state index contributed by atoms with van der Waals surface area (Å²) in [5, 5.41) is 12.0. The van der Waals surface area contributed by atoms with Gasteiger partial charge in [-0.15, -0.1) is 0 Å². The fourth-order valence-electron chi connectivity index (χ4n) is 3.09. The van der Waals surface area contributed by atoms with Gasteiger partial charge in [-0.2, -0.15) is 13.2 Å². The van der Waals surface area contributed by atoms with Crippen LogP contribution in [0.2, 0.25) is 0 Å². The number of hydrogen-bond acceptors (Lipinski definition) is 4. The van der Waals surface area contributed by atoms with Gasteiger partial charge in [0.05, 0.1) is 16.8 Å². The molecule has 0 bridgehead atoms. The van der Waals surface area contributed by atoms with Crippen molar-refractivity contribution in [3.63, 3.8) is 0 Å². The molecule has 3 rings (SSSR count). The van der Waals surface area contributed by atoms with E-state index in [1.165, 1.54) is 31.3 Å². The quantitative estimate of drug-likeness (QED) is 0.563. The number of carboxylic acid groups (broad SMARTS) is 1. The highest BCUT2D eigenvalue weighted by molar-refractivity contribution is 6.06. The van der Waals surface area contributed by atoms with Crippen LogP contribution in [-0.2, 0) is 13.5 Å². The number of nitrogens with one attached hydrogen (secondary N) is 1.